The molecule has 0 aliphatic carbocycles. The number of alkyl halides is 6. The number of nitrogens with two attached hydrogens (primary N) is 2. The molecule has 1 amide bonds. The van der Waals surface area contributed by atoms with Crippen LogP contribution in [0.15, 0.2) is 24.5 Å². The summed E-state index contributed by atoms with van der Waals surface area (Å²) in [5.41, 5.74) is 5.95. The van der Waals surface area contributed by atoms with Crippen molar-refractivity contribution in [2.24, 2.45) is 5.73 Å². The largest absolute Gasteiger partial charge is 0.421 e. The molecule has 2 fully saturated rings. The second-order valence-electron chi connectivity index (χ2n) is 10.4. The molecule has 2 aliphatic rings. The van der Waals surface area contributed by atoms with Crippen molar-refractivity contribution in [3.8, 4) is 11.1 Å². The Hall–Kier alpha value is -3.79. The number of carbonyl (C=O) groups is 2. The predicted molar refractivity (Wildman–Crippen MR) is 131 cm³/mol. The van der Waals surface area contributed by atoms with Crippen LogP contribution in [0.1, 0.15) is 60.3 Å². The van der Waals surface area contributed by atoms with E-state index in [1.807, 2.05) is 0 Å². The van der Waals surface area contributed by atoms with E-state index in [0.29, 0.717) is 37.4 Å². The quantitative estimate of drug-likeness (QED) is 0.305. The van der Waals surface area contributed by atoms with Gasteiger partial charge < -0.3 is 21.5 Å². The van der Waals surface area contributed by atoms with Crippen LogP contribution in [0.3, 0.4) is 0 Å². The molecule has 5 N–H and O–H groups in total. The van der Waals surface area contributed by atoms with Gasteiger partial charge in [-0.2, -0.15) is 36.0 Å². The van der Waals surface area contributed by atoms with Gasteiger partial charge in [-0.3, -0.25) is 14.6 Å². The molecule has 5 rings (SSSR count). The van der Waals surface area contributed by atoms with Crippen LogP contribution in [0.4, 0.5) is 32.2 Å². The number of carbonyl (C=O) groups excluding carboxylic acids is 2. The van der Waals surface area contributed by atoms with Crippen LogP contribution in [0.5, 0.6) is 0 Å². The van der Waals surface area contributed by atoms with E-state index in [0.717, 1.165) is 12.3 Å². The van der Waals surface area contributed by atoms with Crippen LogP contribution in [0, 0.1) is 0 Å². The molecule has 3 aromatic rings. The number of aromatic nitrogens is 4. The zero-order valence-corrected chi connectivity index (χ0v) is 21.5. The lowest BCUT2D eigenvalue weighted by molar-refractivity contribution is -0.303. The highest BCUT2D eigenvalue weighted by atomic mass is 19.4. The standard InChI is InChI=1S/C25H25F6N7O3/c1-11(40)19-20(13-6-14-3-4-15(7-13)37(14)18(41)10-39)36-22-16(9-35-38(22)21(19)32)12-2-5-17(34-8-12)23(33,24(26,27)28)25(29,30)31/h2,5,8-9,13-15,39H,3-4,6-7,10,32-33H2,1H3/t13-,14-,15+. The Kier molecular flexibility index (Phi) is 6.76. The molecule has 5 heterocycles. The van der Waals surface area contributed by atoms with Crippen LogP contribution in [-0.4, -0.2) is 72.3 Å². The van der Waals surface area contributed by atoms with Gasteiger partial charge in [0.25, 0.3) is 5.54 Å². The fourth-order valence-electron chi connectivity index (χ4n) is 6.02. The number of nitrogen functional groups attached to an aromatic ring is 1. The Bertz CT molecular complexity index is 1490. The van der Waals surface area contributed by atoms with Gasteiger partial charge in [0.1, 0.15) is 12.4 Å². The number of halogens is 6. The molecule has 3 aromatic heterocycles. The summed E-state index contributed by atoms with van der Waals surface area (Å²) in [5, 5.41) is 13.5. The fourth-order valence-corrected chi connectivity index (χ4v) is 6.02. The van der Waals surface area contributed by atoms with Crippen molar-refractivity contribution in [1.29, 1.82) is 0 Å². The zero-order valence-electron chi connectivity index (χ0n) is 21.5. The summed E-state index contributed by atoms with van der Waals surface area (Å²) >= 11 is 0. The summed E-state index contributed by atoms with van der Waals surface area (Å²) in [4.78, 5) is 34.7. The third-order valence-electron chi connectivity index (χ3n) is 7.98. The number of aliphatic hydroxyl groups excluding tert-OH is 1. The second kappa shape index (κ2) is 9.65. The molecule has 3 atom stereocenters. The number of hydrogen-bond acceptors (Lipinski definition) is 8. The van der Waals surface area contributed by atoms with Crippen molar-refractivity contribution in [1.82, 2.24) is 24.5 Å². The van der Waals surface area contributed by atoms with Crippen LogP contribution in [-0.2, 0) is 10.3 Å². The minimum absolute atomic E-state index is 0.0374. The van der Waals surface area contributed by atoms with Crippen molar-refractivity contribution >= 4 is 23.2 Å². The SMILES string of the molecule is CC(=O)c1c([C@@H]2C[C@H]3CC[C@@H](C2)N3C(=O)CO)nc2c(-c3ccc(C(N)(C(F)(F)F)C(F)(F)F)nc3)cnn2c1N. The Balaban J connectivity index is 1.58. The first-order valence-corrected chi connectivity index (χ1v) is 12.6. The van der Waals surface area contributed by atoms with Crippen molar-refractivity contribution in [3.05, 3.63) is 41.5 Å². The lowest BCUT2D eigenvalue weighted by Gasteiger charge is -2.39. The third kappa shape index (κ3) is 4.39. The smallest absolute Gasteiger partial charge is 0.387 e. The topological polar surface area (TPSA) is 153 Å². The highest BCUT2D eigenvalue weighted by Crippen LogP contribution is 2.48. The first kappa shape index (κ1) is 28.7. The molecule has 41 heavy (non-hydrogen) atoms. The summed E-state index contributed by atoms with van der Waals surface area (Å²) in [6, 6.07) is 1.20. The second-order valence-corrected chi connectivity index (χ2v) is 10.4. The van der Waals surface area contributed by atoms with Gasteiger partial charge in [-0.25, -0.2) is 4.98 Å². The number of anilines is 1. The third-order valence-corrected chi connectivity index (χ3v) is 7.98. The van der Waals surface area contributed by atoms with Gasteiger partial charge in [0.15, 0.2) is 11.4 Å². The fraction of sp³-hybridized carbons (Fsp3) is 0.480. The van der Waals surface area contributed by atoms with E-state index in [1.165, 1.54) is 17.6 Å². The van der Waals surface area contributed by atoms with Crippen molar-refractivity contribution in [2.75, 3.05) is 12.3 Å². The van der Waals surface area contributed by atoms with Crippen LogP contribution in [0.25, 0.3) is 16.8 Å². The molecule has 220 valence electrons. The number of amides is 1. The molecular weight excluding hydrogens is 560 g/mol. The number of piperidine rings is 1. The van der Waals surface area contributed by atoms with Gasteiger partial charge in [0, 0.05) is 35.3 Å². The van der Waals surface area contributed by atoms with Crippen LogP contribution < -0.4 is 11.5 Å². The number of hydrogen-bond donors (Lipinski definition) is 3. The number of rotatable bonds is 5. The maximum atomic E-state index is 13.4. The molecule has 2 bridgehead atoms. The van der Waals surface area contributed by atoms with Gasteiger partial charge in [-0.15, -0.1) is 0 Å². The average Bonchev–Trinajstić information content (AvgIpc) is 3.44. The molecule has 16 heteroatoms. The first-order chi connectivity index (χ1) is 19.1. The first-order valence-electron chi connectivity index (χ1n) is 12.6. The number of aliphatic hydroxyl groups is 1. The lowest BCUT2D eigenvalue weighted by atomic mass is 9.85. The Morgan fingerprint density at radius 2 is 1.66 bits per heavy atom. The molecule has 0 spiro atoms. The van der Waals surface area contributed by atoms with E-state index in [1.54, 1.807) is 4.90 Å². The Morgan fingerprint density at radius 1 is 1.05 bits per heavy atom. The highest BCUT2D eigenvalue weighted by molar-refractivity contribution is 6.00. The zero-order chi connectivity index (χ0) is 30.1. The van der Waals surface area contributed by atoms with E-state index in [4.69, 9.17) is 11.5 Å². The van der Waals surface area contributed by atoms with E-state index in [9.17, 15) is 41.0 Å². The monoisotopic (exact) mass is 585 g/mol. The highest BCUT2D eigenvalue weighted by Gasteiger charge is 2.70. The summed E-state index contributed by atoms with van der Waals surface area (Å²) < 4.78 is 81.6. The molecule has 10 nitrogen and oxygen atoms in total. The molecule has 0 saturated carbocycles. The van der Waals surface area contributed by atoms with Gasteiger partial charge >= 0.3 is 12.4 Å². The minimum atomic E-state index is -5.87. The van der Waals surface area contributed by atoms with E-state index < -0.39 is 30.2 Å². The Labute approximate surface area is 228 Å². The lowest BCUT2D eigenvalue weighted by Crippen LogP contribution is -2.61. The predicted octanol–water partition coefficient (Wildman–Crippen LogP) is 3.08. The van der Waals surface area contributed by atoms with Crippen molar-refractivity contribution in [2.45, 2.75) is 68.5 Å². The van der Waals surface area contributed by atoms with E-state index in [2.05, 4.69) is 15.1 Å². The Morgan fingerprint density at radius 3 is 2.15 bits per heavy atom. The summed E-state index contributed by atoms with van der Waals surface area (Å²) in [6.45, 7) is 0.700. The van der Waals surface area contributed by atoms with Crippen LogP contribution in [0.2, 0.25) is 0 Å². The van der Waals surface area contributed by atoms with E-state index >= 15 is 0 Å². The molecular formula is C25H25F6N7O3. The van der Waals surface area contributed by atoms with Gasteiger partial charge in [0.2, 0.25) is 5.91 Å². The average molecular weight is 586 g/mol. The summed E-state index contributed by atoms with van der Waals surface area (Å²) in [7, 11) is 0. The molecule has 2 saturated heterocycles. The molecule has 2 aliphatic heterocycles. The maximum Gasteiger partial charge on any atom is 0.421 e. The normalized spacial score (nSPS) is 21.5. The van der Waals surface area contributed by atoms with Crippen molar-refractivity contribution < 1.29 is 41.0 Å². The molecule has 0 aromatic carbocycles. The van der Waals surface area contributed by atoms with Crippen molar-refractivity contribution in [3.63, 3.8) is 0 Å². The number of fused-ring (bicyclic) bond motifs is 3. The van der Waals surface area contributed by atoms with Gasteiger partial charge in [-0.1, -0.05) is 6.07 Å². The number of pyridine rings is 1. The summed E-state index contributed by atoms with van der Waals surface area (Å²) in [6.07, 6.45) is -7.32. The molecule has 0 unspecified atom stereocenters. The van der Waals surface area contributed by atoms with E-state index in [-0.39, 0.29) is 57.8 Å². The number of ketones is 1. The van der Waals surface area contributed by atoms with Gasteiger partial charge in [0.05, 0.1) is 23.1 Å². The van der Waals surface area contributed by atoms with Crippen LogP contribution >= 0.6 is 0 Å². The number of nitrogens with zero attached hydrogens (tertiary/aromatic N) is 5. The molecule has 0 radical (unpaired) electrons. The summed E-state index contributed by atoms with van der Waals surface area (Å²) in [5.74, 6) is -1.09. The maximum absolute atomic E-state index is 13.4. The minimum Gasteiger partial charge on any atom is -0.387 e. The van der Waals surface area contributed by atoms with Gasteiger partial charge in [-0.05, 0) is 38.7 Å². The number of Topliss-reactive ketones (excluding diaryl/α,β-unsaturated/α-hetero) is 1.